The van der Waals surface area contributed by atoms with Crippen molar-refractivity contribution in [1.82, 2.24) is 9.21 Å². The van der Waals surface area contributed by atoms with Gasteiger partial charge in [-0.25, -0.2) is 17.2 Å². The number of hydrogen-bond acceptors (Lipinski definition) is 5. The van der Waals surface area contributed by atoms with Gasteiger partial charge < -0.3 is 14.4 Å². The zero-order valence-electron chi connectivity index (χ0n) is 16.7. The van der Waals surface area contributed by atoms with E-state index in [9.17, 15) is 22.0 Å². The van der Waals surface area contributed by atoms with E-state index in [1.807, 2.05) is 18.2 Å². The lowest BCUT2D eigenvalue weighted by Gasteiger charge is -2.34. The number of carbonyl (C=O) groups is 1. The Morgan fingerprint density at radius 2 is 1.65 bits per heavy atom. The molecule has 7 nitrogen and oxygen atoms in total. The molecule has 0 bridgehead atoms. The van der Waals surface area contributed by atoms with Gasteiger partial charge in [0.2, 0.25) is 15.9 Å². The van der Waals surface area contributed by atoms with Gasteiger partial charge in [0.25, 0.3) is 0 Å². The lowest BCUT2D eigenvalue weighted by Crippen LogP contribution is -2.50. The maximum absolute atomic E-state index is 13.9. The third-order valence-electron chi connectivity index (χ3n) is 5.34. The largest absolute Gasteiger partial charge is 0.486 e. The summed E-state index contributed by atoms with van der Waals surface area (Å²) in [6, 6.07) is 7.91. The van der Waals surface area contributed by atoms with Crippen LogP contribution >= 0.6 is 0 Å². The number of fused-ring (bicyclic) bond motifs is 1. The summed E-state index contributed by atoms with van der Waals surface area (Å²) in [4.78, 5) is 13.5. The van der Waals surface area contributed by atoms with Gasteiger partial charge in [-0.2, -0.15) is 4.31 Å². The summed E-state index contributed by atoms with van der Waals surface area (Å²) < 4.78 is 64.8. The molecule has 1 saturated heterocycles. The molecule has 1 fully saturated rings. The Labute approximate surface area is 179 Å². The van der Waals surface area contributed by atoms with E-state index >= 15 is 0 Å². The standard InChI is InChI=1S/C21H22F2N2O5S/c22-16-3-4-17(23)20(14-16)31(27,28)25-9-7-24(8-10-25)21(26)6-2-15-1-5-18-19(13-15)30-12-11-29-18/h1,3-5,13-14H,2,6-12H2. The van der Waals surface area contributed by atoms with E-state index in [2.05, 4.69) is 0 Å². The molecular weight excluding hydrogens is 430 g/mol. The Morgan fingerprint density at radius 3 is 2.39 bits per heavy atom. The third-order valence-corrected chi connectivity index (χ3v) is 7.25. The van der Waals surface area contributed by atoms with Crippen LogP contribution in [0.2, 0.25) is 0 Å². The van der Waals surface area contributed by atoms with E-state index < -0.39 is 26.6 Å². The molecule has 0 aromatic heterocycles. The predicted molar refractivity (Wildman–Crippen MR) is 107 cm³/mol. The number of nitrogens with zero attached hydrogens (tertiary/aromatic N) is 2. The first kappa shape index (κ1) is 21.5. The lowest BCUT2D eigenvalue weighted by atomic mass is 10.1. The molecule has 0 spiro atoms. The van der Waals surface area contributed by atoms with Crippen molar-refractivity contribution in [2.45, 2.75) is 17.7 Å². The number of sulfonamides is 1. The number of carbonyl (C=O) groups excluding carboxylic acids is 1. The van der Waals surface area contributed by atoms with Crippen LogP contribution in [0.3, 0.4) is 0 Å². The zero-order chi connectivity index (χ0) is 22.0. The number of halogens is 2. The molecule has 0 atom stereocenters. The van der Waals surface area contributed by atoms with Crippen LogP contribution in [0, 0.1) is 11.6 Å². The van der Waals surface area contributed by atoms with Crippen LogP contribution in [0.15, 0.2) is 41.3 Å². The quantitative estimate of drug-likeness (QED) is 0.695. The molecule has 2 heterocycles. The summed E-state index contributed by atoms with van der Waals surface area (Å²) >= 11 is 0. The average Bonchev–Trinajstić information content (AvgIpc) is 2.79. The van der Waals surface area contributed by atoms with Crippen molar-refractivity contribution < 1.29 is 31.5 Å². The molecule has 0 N–H and O–H groups in total. The second-order valence-corrected chi connectivity index (χ2v) is 9.24. The molecule has 0 saturated carbocycles. The number of rotatable bonds is 5. The zero-order valence-corrected chi connectivity index (χ0v) is 17.5. The molecule has 0 unspecified atom stereocenters. The van der Waals surface area contributed by atoms with Gasteiger partial charge in [0.15, 0.2) is 11.5 Å². The molecule has 2 aliphatic heterocycles. The fourth-order valence-electron chi connectivity index (χ4n) is 3.64. The number of benzene rings is 2. The van der Waals surface area contributed by atoms with E-state index in [4.69, 9.17) is 9.47 Å². The highest BCUT2D eigenvalue weighted by atomic mass is 32.2. The van der Waals surface area contributed by atoms with Gasteiger partial charge in [-0.3, -0.25) is 4.79 Å². The summed E-state index contributed by atoms with van der Waals surface area (Å²) in [7, 11) is -4.17. The Hall–Kier alpha value is -2.72. The van der Waals surface area contributed by atoms with Crippen LogP contribution in [0.25, 0.3) is 0 Å². The molecule has 2 aromatic carbocycles. The van der Waals surface area contributed by atoms with Crippen LogP contribution in [-0.4, -0.2) is 62.9 Å². The molecular formula is C21H22F2N2O5S. The van der Waals surface area contributed by atoms with E-state index in [1.54, 1.807) is 4.90 Å². The highest BCUT2D eigenvalue weighted by molar-refractivity contribution is 7.89. The second-order valence-electron chi connectivity index (χ2n) is 7.34. The Kier molecular flexibility index (Phi) is 6.10. The van der Waals surface area contributed by atoms with Crippen LogP contribution in [0.4, 0.5) is 8.78 Å². The molecule has 0 radical (unpaired) electrons. The third kappa shape index (κ3) is 4.64. The maximum Gasteiger partial charge on any atom is 0.246 e. The molecule has 31 heavy (non-hydrogen) atoms. The van der Waals surface area contributed by atoms with E-state index in [0.29, 0.717) is 37.2 Å². The molecule has 4 rings (SSSR count). The summed E-state index contributed by atoms with van der Waals surface area (Å²) in [6.07, 6.45) is 0.785. The second kappa shape index (κ2) is 8.80. The first-order valence-electron chi connectivity index (χ1n) is 9.96. The first-order chi connectivity index (χ1) is 14.8. The monoisotopic (exact) mass is 452 g/mol. The molecule has 166 valence electrons. The van der Waals surface area contributed by atoms with Gasteiger partial charge in [-0.05, 0) is 42.3 Å². The summed E-state index contributed by atoms with van der Waals surface area (Å²) in [5.41, 5.74) is 0.945. The average molecular weight is 452 g/mol. The highest BCUT2D eigenvalue weighted by Crippen LogP contribution is 2.31. The van der Waals surface area contributed by atoms with Crippen LogP contribution < -0.4 is 9.47 Å². The first-order valence-corrected chi connectivity index (χ1v) is 11.4. The van der Waals surface area contributed by atoms with Crippen molar-refractivity contribution in [3.63, 3.8) is 0 Å². The van der Waals surface area contributed by atoms with Gasteiger partial charge in [-0.1, -0.05) is 6.07 Å². The van der Waals surface area contributed by atoms with Crippen molar-refractivity contribution in [1.29, 1.82) is 0 Å². The minimum atomic E-state index is -4.17. The summed E-state index contributed by atoms with van der Waals surface area (Å²) in [5.74, 6) is -0.566. The predicted octanol–water partition coefficient (Wildman–Crippen LogP) is 2.20. The number of amides is 1. The normalized spacial score (nSPS) is 16.9. The number of aryl methyl sites for hydroxylation is 1. The van der Waals surface area contributed by atoms with Gasteiger partial charge in [0.05, 0.1) is 0 Å². The SMILES string of the molecule is O=C(CCc1ccc2c(c1)OCCO2)N1CCN(S(=O)(=O)c2cc(F)ccc2F)CC1. The smallest absolute Gasteiger partial charge is 0.246 e. The van der Waals surface area contributed by atoms with Gasteiger partial charge in [0.1, 0.15) is 29.7 Å². The van der Waals surface area contributed by atoms with Gasteiger partial charge in [-0.15, -0.1) is 0 Å². The molecule has 10 heteroatoms. The summed E-state index contributed by atoms with van der Waals surface area (Å²) in [5, 5.41) is 0. The Bertz CT molecular complexity index is 1090. The molecule has 0 aliphatic carbocycles. The van der Waals surface area contributed by atoms with E-state index in [0.717, 1.165) is 22.0 Å². The Balaban J connectivity index is 1.33. The van der Waals surface area contributed by atoms with Crippen LogP contribution in [0.1, 0.15) is 12.0 Å². The molecule has 1 amide bonds. The Morgan fingerprint density at radius 1 is 0.935 bits per heavy atom. The van der Waals surface area contributed by atoms with Crippen molar-refractivity contribution in [2.24, 2.45) is 0 Å². The number of hydrogen-bond donors (Lipinski definition) is 0. The summed E-state index contributed by atoms with van der Waals surface area (Å²) in [6.45, 7) is 1.43. The fraction of sp³-hybridized carbons (Fsp3) is 0.381. The van der Waals surface area contributed by atoms with Crippen molar-refractivity contribution in [3.05, 3.63) is 53.6 Å². The van der Waals surface area contributed by atoms with Crippen molar-refractivity contribution >= 4 is 15.9 Å². The topological polar surface area (TPSA) is 76.2 Å². The molecule has 2 aromatic rings. The van der Waals surface area contributed by atoms with Gasteiger partial charge >= 0.3 is 0 Å². The fourth-order valence-corrected chi connectivity index (χ4v) is 5.14. The minimum Gasteiger partial charge on any atom is -0.486 e. The molecule has 2 aliphatic rings. The van der Waals surface area contributed by atoms with Crippen LogP contribution in [-0.2, 0) is 21.2 Å². The number of ether oxygens (including phenoxy) is 2. The highest BCUT2D eigenvalue weighted by Gasteiger charge is 2.32. The lowest BCUT2D eigenvalue weighted by molar-refractivity contribution is -0.132. The van der Waals surface area contributed by atoms with E-state index in [1.165, 1.54) is 0 Å². The van der Waals surface area contributed by atoms with E-state index in [-0.39, 0.29) is 38.5 Å². The number of piperazine rings is 1. The minimum absolute atomic E-state index is 0.0219. The van der Waals surface area contributed by atoms with Crippen molar-refractivity contribution in [2.75, 3.05) is 39.4 Å². The van der Waals surface area contributed by atoms with Crippen LogP contribution in [0.5, 0.6) is 11.5 Å². The maximum atomic E-state index is 13.9. The van der Waals surface area contributed by atoms with Crippen molar-refractivity contribution in [3.8, 4) is 11.5 Å². The van der Waals surface area contributed by atoms with Gasteiger partial charge in [0, 0.05) is 32.6 Å².